The minimum atomic E-state index is -3.67. The Balaban J connectivity index is 1.89. The molecule has 2 aromatic rings. The molecule has 0 unspecified atom stereocenters. The number of benzene rings is 1. The lowest BCUT2D eigenvalue weighted by atomic mass is 9.91. The summed E-state index contributed by atoms with van der Waals surface area (Å²) >= 11 is 0. The third-order valence-corrected chi connectivity index (χ3v) is 6.02. The van der Waals surface area contributed by atoms with E-state index in [9.17, 15) is 8.42 Å². The van der Waals surface area contributed by atoms with Crippen molar-refractivity contribution in [2.24, 2.45) is 0 Å². The van der Waals surface area contributed by atoms with Gasteiger partial charge in [-0.1, -0.05) is 18.9 Å². The Bertz CT molecular complexity index is 787. The van der Waals surface area contributed by atoms with Crippen molar-refractivity contribution in [1.82, 2.24) is 14.5 Å². The van der Waals surface area contributed by atoms with Crippen LogP contribution >= 0.6 is 0 Å². The summed E-state index contributed by atoms with van der Waals surface area (Å²) in [4.78, 5) is 0.190. The van der Waals surface area contributed by atoms with E-state index in [1.807, 2.05) is 29.9 Å². The van der Waals surface area contributed by atoms with Gasteiger partial charge in [0.05, 0.1) is 13.2 Å². The number of nitrogens with zero attached hydrogens (tertiary/aromatic N) is 2. The van der Waals surface area contributed by atoms with Gasteiger partial charge in [0.15, 0.2) is 0 Å². The van der Waals surface area contributed by atoms with Crippen LogP contribution in [-0.2, 0) is 10.0 Å². The van der Waals surface area contributed by atoms with Crippen molar-refractivity contribution in [3.05, 3.63) is 42.2 Å². The van der Waals surface area contributed by atoms with E-state index in [2.05, 4.69) is 9.82 Å². The molecule has 130 valence electrons. The molecule has 0 radical (unpaired) electrons. The maximum atomic E-state index is 12.9. The number of aryl methyl sites for hydroxylation is 1. The third kappa shape index (κ3) is 3.47. The first kappa shape index (κ1) is 17.0. The summed E-state index contributed by atoms with van der Waals surface area (Å²) in [5.74, 6) is 0.361. The lowest BCUT2D eigenvalue weighted by Gasteiger charge is -2.32. The highest BCUT2D eigenvalue weighted by molar-refractivity contribution is 7.89. The fourth-order valence-corrected chi connectivity index (χ4v) is 4.86. The highest BCUT2D eigenvalue weighted by Crippen LogP contribution is 2.31. The average molecular weight is 349 g/mol. The summed E-state index contributed by atoms with van der Waals surface area (Å²) in [6, 6.07) is 6.91. The second kappa shape index (κ2) is 6.94. The van der Waals surface area contributed by atoms with E-state index >= 15 is 0 Å². The summed E-state index contributed by atoms with van der Waals surface area (Å²) in [5, 5.41) is 4.30. The van der Waals surface area contributed by atoms with E-state index in [1.54, 1.807) is 18.3 Å². The SMILES string of the molecule is COc1ccc(C)cc1S(=O)(=O)N[C@@H]1CCCC[C@@H]1n1cccn1. The summed E-state index contributed by atoms with van der Waals surface area (Å²) in [5.41, 5.74) is 0.878. The quantitative estimate of drug-likeness (QED) is 0.901. The van der Waals surface area contributed by atoms with E-state index in [-0.39, 0.29) is 17.0 Å². The van der Waals surface area contributed by atoms with Gasteiger partial charge in [0, 0.05) is 18.4 Å². The van der Waals surface area contributed by atoms with Crippen molar-refractivity contribution < 1.29 is 13.2 Å². The Labute approximate surface area is 142 Å². The number of sulfonamides is 1. The highest BCUT2D eigenvalue weighted by atomic mass is 32.2. The van der Waals surface area contributed by atoms with Gasteiger partial charge in [0.1, 0.15) is 10.6 Å². The molecule has 1 aliphatic carbocycles. The number of ether oxygens (including phenoxy) is 1. The fourth-order valence-electron chi connectivity index (χ4n) is 3.30. The van der Waals surface area contributed by atoms with Gasteiger partial charge in [-0.2, -0.15) is 5.10 Å². The van der Waals surface area contributed by atoms with E-state index in [0.29, 0.717) is 5.75 Å². The van der Waals surface area contributed by atoms with Crippen LogP contribution in [0.1, 0.15) is 37.3 Å². The number of rotatable bonds is 5. The van der Waals surface area contributed by atoms with Gasteiger partial charge in [0.2, 0.25) is 10.0 Å². The molecule has 1 saturated carbocycles. The van der Waals surface area contributed by atoms with Crippen LogP contribution in [-0.4, -0.2) is 31.3 Å². The Morgan fingerprint density at radius 3 is 2.79 bits per heavy atom. The largest absolute Gasteiger partial charge is 0.495 e. The summed E-state index contributed by atoms with van der Waals surface area (Å²) in [6.07, 6.45) is 7.43. The maximum Gasteiger partial charge on any atom is 0.244 e. The first-order valence-electron chi connectivity index (χ1n) is 8.17. The number of hydrogen-bond donors (Lipinski definition) is 1. The normalized spacial score (nSPS) is 21.6. The Morgan fingerprint density at radius 1 is 1.29 bits per heavy atom. The second-order valence-corrected chi connectivity index (χ2v) is 7.90. The molecule has 24 heavy (non-hydrogen) atoms. The van der Waals surface area contributed by atoms with Crippen LogP contribution < -0.4 is 9.46 Å². The van der Waals surface area contributed by atoms with Crippen LogP contribution in [0, 0.1) is 6.92 Å². The Morgan fingerprint density at radius 2 is 2.08 bits per heavy atom. The standard InChI is InChI=1S/C17H23N3O3S/c1-13-8-9-16(23-2)17(12-13)24(21,22)19-14-6-3-4-7-15(14)20-11-5-10-18-20/h5,8-12,14-15,19H,3-4,6-7H2,1-2H3/t14-,15+/m1/s1. The molecule has 0 aliphatic heterocycles. The zero-order valence-electron chi connectivity index (χ0n) is 14.0. The summed E-state index contributed by atoms with van der Waals surface area (Å²) in [6.45, 7) is 1.87. The van der Waals surface area contributed by atoms with E-state index in [0.717, 1.165) is 31.2 Å². The minimum Gasteiger partial charge on any atom is -0.495 e. The first-order chi connectivity index (χ1) is 11.5. The Kier molecular flexibility index (Phi) is 4.91. The van der Waals surface area contributed by atoms with Gasteiger partial charge in [0.25, 0.3) is 0 Å². The lowest BCUT2D eigenvalue weighted by molar-refractivity contribution is 0.270. The van der Waals surface area contributed by atoms with Gasteiger partial charge in [-0.15, -0.1) is 0 Å². The average Bonchev–Trinajstić information content (AvgIpc) is 3.09. The zero-order chi connectivity index (χ0) is 17.2. The van der Waals surface area contributed by atoms with Crippen LogP contribution in [0.3, 0.4) is 0 Å². The number of hydrogen-bond acceptors (Lipinski definition) is 4. The topological polar surface area (TPSA) is 73.2 Å². The molecule has 1 fully saturated rings. The van der Waals surface area contributed by atoms with E-state index in [1.165, 1.54) is 7.11 Å². The van der Waals surface area contributed by atoms with Gasteiger partial charge in [-0.3, -0.25) is 4.68 Å². The lowest BCUT2D eigenvalue weighted by Crippen LogP contribution is -2.43. The molecule has 1 aromatic heterocycles. The Hall–Kier alpha value is -1.86. The summed E-state index contributed by atoms with van der Waals surface area (Å²) in [7, 11) is -2.18. The van der Waals surface area contributed by atoms with Crippen molar-refractivity contribution in [2.45, 2.75) is 49.6 Å². The smallest absolute Gasteiger partial charge is 0.244 e. The van der Waals surface area contributed by atoms with Crippen molar-refractivity contribution >= 4 is 10.0 Å². The molecule has 0 bridgehead atoms. The molecule has 2 atom stereocenters. The van der Waals surface area contributed by atoms with Gasteiger partial charge in [-0.05, 0) is 43.5 Å². The second-order valence-electron chi connectivity index (χ2n) is 6.22. The molecule has 1 aliphatic rings. The van der Waals surface area contributed by atoms with Crippen LogP contribution in [0.25, 0.3) is 0 Å². The van der Waals surface area contributed by atoms with Crippen LogP contribution in [0.4, 0.5) is 0 Å². The minimum absolute atomic E-state index is 0.0410. The third-order valence-electron chi connectivity index (χ3n) is 4.51. The molecule has 1 heterocycles. The number of nitrogens with one attached hydrogen (secondary N) is 1. The molecule has 0 saturated heterocycles. The number of methoxy groups -OCH3 is 1. The molecule has 0 amide bonds. The predicted molar refractivity (Wildman–Crippen MR) is 91.6 cm³/mol. The van der Waals surface area contributed by atoms with Gasteiger partial charge < -0.3 is 4.74 Å². The molecule has 3 rings (SSSR count). The van der Waals surface area contributed by atoms with Crippen molar-refractivity contribution in [2.75, 3.05) is 7.11 Å². The van der Waals surface area contributed by atoms with E-state index in [4.69, 9.17) is 4.74 Å². The zero-order valence-corrected chi connectivity index (χ0v) is 14.8. The summed E-state index contributed by atoms with van der Waals surface area (Å²) < 4.78 is 35.8. The van der Waals surface area contributed by atoms with Crippen molar-refractivity contribution in [1.29, 1.82) is 0 Å². The van der Waals surface area contributed by atoms with Crippen molar-refractivity contribution in [3.8, 4) is 5.75 Å². The molecule has 0 spiro atoms. The predicted octanol–water partition coefficient (Wildman–Crippen LogP) is 2.66. The first-order valence-corrected chi connectivity index (χ1v) is 9.65. The molecule has 7 heteroatoms. The molecule has 6 nitrogen and oxygen atoms in total. The molecule has 1 N–H and O–H groups in total. The van der Waals surface area contributed by atoms with Crippen LogP contribution in [0.5, 0.6) is 5.75 Å². The van der Waals surface area contributed by atoms with Gasteiger partial charge in [-0.25, -0.2) is 13.1 Å². The van der Waals surface area contributed by atoms with Crippen LogP contribution in [0.15, 0.2) is 41.6 Å². The van der Waals surface area contributed by atoms with Crippen molar-refractivity contribution in [3.63, 3.8) is 0 Å². The molecular formula is C17H23N3O3S. The fraction of sp³-hybridized carbons (Fsp3) is 0.471. The molecular weight excluding hydrogens is 326 g/mol. The highest BCUT2D eigenvalue weighted by Gasteiger charge is 2.32. The van der Waals surface area contributed by atoms with E-state index < -0.39 is 10.0 Å². The monoisotopic (exact) mass is 349 g/mol. The van der Waals surface area contributed by atoms with Crippen LogP contribution in [0.2, 0.25) is 0 Å². The van der Waals surface area contributed by atoms with Gasteiger partial charge >= 0.3 is 0 Å². The maximum absolute atomic E-state index is 12.9. The molecule has 1 aromatic carbocycles. The number of aromatic nitrogens is 2.